The van der Waals surface area contributed by atoms with Crippen LogP contribution in [0.4, 0.5) is 11.8 Å². The molecular weight excluding hydrogens is 254 g/mol. The minimum absolute atomic E-state index is 0.0358. The largest absolute Gasteiger partial charge is 0.384 e. The molecule has 1 atom stereocenters. The van der Waals surface area contributed by atoms with Gasteiger partial charge in [0.05, 0.1) is 5.92 Å². The van der Waals surface area contributed by atoms with Crippen LogP contribution in [0.1, 0.15) is 26.7 Å². The maximum atomic E-state index is 12.4. The lowest BCUT2D eigenvalue weighted by molar-refractivity contribution is -0.135. The van der Waals surface area contributed by atoms with Gasteiger partial charge in [-0.1, -0.05) is 0 Å². The van der Waals surface area contributed by atoms with Crippen LogP contribution >= 0.6 is 0 Å². The fourth-order valence-electron chi connectivity index (χ4n) is 2.67. The van der Waals surface area contributed by atoms with Crippen molar-refractivity contribution in [2.75, 3.05) is 36.8 Å². The summed E-state index contributed by atoms with van der Waals surface area (Å²) in [5.74, 6) is 1.37. The SMILES string of the molecule is CCN(CC)C(=O)C1CCCN(c2nccc(N)n2)C1. The monoisotopic (exact) mass is 277 g/mol. The van der Waals surface area contributed by atoms with Gasteiger partial charge < -0.3 is 15.5 Å². The quantitative estimate of drug-likeness (QED) is 0.893. The van der Waals surface area contributed by atoms with Crippen molar-refractivity contribution in [1.82, 2.24) is 14.9 Å². The van der Waals surface area contributed by atoms with E-state index >= 15 is 0 Å². The van der Waals surface area contributed by atoms with Gasteiger partial charge in [-0.05, 0) is 32.8 Å². The summed E-state index contributed by atoms with van der Waals surface area (Å²) in [7, 11) is 0. The lowest BCUT2D eigenvalue weighted by atomic mass is 9.96. The maximum Gasteiger partial charge on any atom is 0.227 e. The third-order valence-electron chi connectivity index (χ3n) is 3.79. The number of carbonyl (C=O) groups excluding carboxylic acids is 1. The van der Waals surface area contributed by atoms with Crippen molar-refractivity contribution in [3.8, 4) is 0 Å². The van der Waals surface area contributed by atoms with Crippen LogP contribution in [0.25, 0.3) is 0 Å². The van der Waals surface area contributed by atoms with E-state index in [0.29, 0.717) is 18.3 Å². The van der Waals surface area contributed by atoms with E-state index in [1.165, 1.54) is 0 Å². The van der Waals surface area contributed by atoms with Gasteiger partial charge in [0.1, 0.15) is 5.82 Å². The molecule has 1 fully saturated rings. The highest BCUT2D eigenvalue weighted by Crippen LogP contribution is 2.22. The number of nitrogens with zero attached hydrogens (tertiary/aromatic N) is 4. The number of anilines is 2. The summed E-state index contributed by atoms with van der Waals surface area (Å²) in [6.45, 7) is 7.12. The summed E-state index contributed by atoms with van der Waals surface area (Å²) < 4.78 is 0. The van der Waals surface area contributed by atoms with Gasteiger partial charge in [-0.15, -0.1) is 0 Å². The van der Waals surface area contributed by atoms with Gasteiger partial charge in [0.2, 0.25) is 11.9 Å². The van der Waals surface area contributed by atoms with Gasteiger partial charge in [0, 0.05) is 32.4 Å². The second kappa shape index (κ2) is 6.54. The van der Waals surface area contributed by atoms with Crippen LogP contribution in [-0.2, 0) is 4.79 Å². The molecule has 1 aliphatic heterocycles. The smallest absolute Gasteiger partial charge is 0.227 e. The van der Waals surface area contributed by atoms with Crippen molar-refractivity contribution < 1.29 is 4.79 Å². The molecule has 1 unspecified atom stereocenters. The molecule has 1 aliphatic rings. The Labute approximate surface area is 120 Å². The first-order valence-electron chi connectivity index (χ1n) is 7.28. The van der Waals surface area contributed by atoms with E-state index in [9.17, 15) is 4.79 Å². The highest BCUT2D eigenvalue weighted by atomic mass is 16.2. The van der Waals surface area contributed by atoms with Crippen LogP contribution in [0.2, 0.25) is 0 Å². The van der Waals surface area contributed by atoms with E-state index in [2.05, 4.69) is 14.9 Å². The maximum absolute atomic E-state index is 12.4. The summed E-state index contributed by atoms with van der Waals surface area (Å²) in [5.41, 5.74) is 5.70. The molecule has 0 saturated carbocycles. The van der Waals surface area contributed by atoms with E-state index in [-0.39, 0.29) is 11.8 Å². The first-order valence-corrected chi connectivity index (χ1v) is 7.28. The van der Waals surface area contributed by atoms with Crippen molar-refractivity contribution in [1.29, 1.82) is 0 Å². The topological polar surface area (TPSA) is 75.4 Å². The zero-order valence-electron chi connectivity index (χ0n) is 12.2. The Hall–Kier alpha value is -1.85. The van der Waals surface area contributed by atoms with Gasteiger partial charge in [0.25, 0.3) is 0 Å². The molecule has 1 aromatic rings. The number of aromatic nitrogens is 2. The molecule has 20 heavy (non-hydrogen) atoms. The van der Waals surface area contributed by atoms with Gasteiger partial charge in [-0.3, -0.25) is 4.79 Å². The molecule has 0 spiro atoms. The highest BCUT2D eigenvalue weighted by Gasteiger charge is 2.29. The summed E-state index contributed by atoms with van der Waals surface area (Å²) in [5, 5.41) is 0. The van der Waals surface area contributed by atoms with Crippen LogP contribution in [0.3, 0.4) is 0 Å². The molecule has 6 nitrogen and oxygen atoms in total. The zero-order chi connectivity index (χ0) is 14.5. The number of piperidine rings is 1. The molecule has 6 heteroatoms. The van der Waals surface area contributed by atoms with E-state index in [4.69, 9.17) is 5.73 Å². The fraction of sp³-hybridized carbons (Fsp3) is 0.643. The summed E-state index contributed by atoms with van der Waals surface area (Å²) in [4.78, 5) is 24.9. The summed E-state index contributed by atoms with van der Waals surface area (Å²) in [6, 6.07) is 1.67. The number of amides is 1. The predicted octanol–water partition coefficient (Wildman–Crippen LogP) is 1.14. The first-order chi connectivity index (χ1) is 9.65. The lowest BCUT2D eigenvalue weighted by Crippen LogP contribution is -2.45. The van der Waals surface area contributed by atoms with Crippen LogP contribution in [0, 0.1) is 5.92 Å². The second-order valence-corrected chi connectivity index (χ2v) is 5.08. The minimum Gasteiger partial charge on any atom is -0.384 e. The van der Waals surface area contributed by atoms with Gasteiger partial charge in [-0.25, -0.2) is 4.98 Å². The van der Waals surface area contributed by atoms with Crippen molar-refractivity contribution >= 4 is 17.7 Å². The van der Waals surface area contributed by atoms with E-state index in [1.807, 2.05) is 18.7 Å². The number of nitrogens with two attached hydrogens (primary N) is 1. The van der Waals surface area contributed by atoms with E-state index in [1.54, 1.807) is 12.3 Å². The lowest BCUT2D eigenvalue weighted by Gasteiger charge is -2.34. The Morgan fingerprint density at radius 3 is 2.90 bits per heavy atom. The molecule has 2 rings (SSSR count). The first kappa shape index (κ1) is 14.6. The van der Waals surface area contributed by atoms with Gasteiger partial charge in [-0.2, -0.15) is 4.98 Å². The predicted molar refractivity (Wildman–Crippen MR) is 79.3 cm³/mol. The molecule has 0 bridgehead atoms. The minimum atomic E-state index is 0.0358. The average Bonchev–Trinajstić information content (AvgIpc) is 2.48. The summed E-state index contributed by atoms with van der Waals surface area (Å²) in [6.07, 6.45) is 3.58. The average molecular weight is 277 g/mol. The van der Waals surface area contributed by atoms with Crippen molar-refractivity contribution in [2.24, 2.45) is 5.92 Å². The number of nitrogen functional groups attached to an aromatic ring is 1. The molecule has 1 saturated heterocycles. The fourth-order valence-corrected chi connectivity index (χ4v) is 2.67. The van der Waals surface area contributed by atoms with Crippen molar-refractivity contribution in [2.45, 2.75) is 26.7 Å². The number of hydrogen-bond donors (Lipinski definition) is 1. The normalized spacial score (nSPS) is 18.9. The zero-order valence-corrected chi connectivity index (χ0v) is 12.2. The standard InChI is InChI=1S/C14H23N5O/c1-3-18(4-2)13(20)11-6-5-9-19(10-11)14-16-8-7-12(15)17-14/h7-8,11H,3-6,9-10H2,1-2H3,(H2,15,16,17). The Kier molecular flexibility index (Phi) is 4.76. The molecule has 1 aromatic heterocycles. The number of carbonyl (C=O) groups is 1. The molecule has 1 amide bonds. The van der Waals surface area contributed by atoms with Crippen LogP contribution in [-0.4, -0.2) is 47.0 Å². The highest BCUT2D eigenvalue weighted by molar-refractivity contribution is 5.79. The molecular formula is C14H23N5O. The Morgan fingerprint density at radius 1 is 1.50 bits per heavy atom. The van der Waals surface area contributed by atoms with Gasteiger partial charge in [0.15, 0.2) is 0 Å². The third kappa shape index (κ3) is 3.18. The van der Waals surface area contributed by atoms with Crippen LogP contribution in [0.15, 0.2) is 12.3 Å². The van der Waals surface area contributed by atoms with E-state index < -0.39 is 0 Å². The number of hydrogen-bond acceptors (Lipinski definition) is 5. The molecule has 110 valence electrons. The van der Waals surface area contributed by atoms with Crippen LogP contribution < -0.4 is 10.6 Å². The Morgan fingerprint density at radius 2 is 2.25 bits per heavy atom. The Bertz CT molecular complexity index is 461. The van der Waals surface area contributed by atoms with E-state index in [0.717, 1.165) is 32.5 Å². The van der Waals surface area contributed by atoms with Crippen LogP contribution in [0.5, 0.6) is 0 Å². The molecule has 2 heterocycles. The molecule has 0 radical (unpaired) electrons. The molecule has 2 N–H and O–H groups in total. The number of rotatable bonds is 4. The third-order valence-corrected chi connectivity index (χ3v) is 3.79. The molecule has 0 aromatic carbocycles. The molecule has 0 aliphatic carbocycles. The van der Waals surface area contributed by atoms with Crippen molar-refractivity contribution in [3.05, 3.63) is 12.3 Å². The van der Waals surface area contributed by atoms with Crippen molar-refractivity contribution in [3.63, 3.8) is 0 Å². The Balaban J connectivity index is 2.07. The van der Waals surface area contributed by atoms with Gasteiger partial charge >= 0.3 is 0 Å². The second-order valence-electron chi connectivity index (χ2n) is 5.08. The summed E-state index contributed by atoms with van der Waals surface area (Å²) >= 11 is 0.